The number of allylic oxidation sites excluding steroid dienone is 3. The molecule has 1 fully saturated rings. The average Bonchev–Trinajstić information content (AvgIpc) is 2.70. The molecule has 2 unspecified atom stereocenters. The smallest absolute Gasteiger partial charge is 0.0475 e. The van der Waals surface area contributed by atoms with Gasteiger partial charge in [0, 0.05) is 17.7 Å². The zero-order valence-electron chi connectivity index (χ0n) is 16.6. The van der Waals surface area contributed by atoms with Gasteiger partial charge in [0.15, 0.2) is 0 Å². The summed E-state index contributed by atoms with van der Waals surface area (Å²) in [5, 5.41) is 7.04. The Kier molecular flexibility index (Phi) is 6.14. The van der Waals surface area contributed by atoms with Crippen LogP contribution in [0.25, 0.3) is 5.57 Å². The summed E-state index contributed by atoms with van der Waals surface area (Å²) in [5.74, 6) is 1.51. The average molecular weight is 363 g/mol. The van der Waals surface area contributed by atoms with E-state index in [-0.39, 0.29) is 0 Å². The number of piperidine rings is 1. The van der Waals surface area contributed by atoms with Crippen molar-refractivity contribution in [2.45, 2.75) is 57.4 Å². The lowest BCUT2D eigenvalue weighted by molar-refractivity contribution is 0.354. The number of aryl methyl sites for hydroxylation is 1. The molecule has 27 heavy (non-hydrogen) atoms. The molecule has 2 atom stereocenters. The molecule has 3 aliphatic rings. The van der Waals surface area contributed by atoms with E-state index in [2.05, 4.69) is 59.7 Å². The number of hydrogen-bond acceptors (Lipinski definition) is 2. The SMILES string of the molecule is C=C(NC1C=CC1)C1CC=C(c2ccc(CCC3CCNCC3)cc2)CC1. The molecule has 2 nitrogen and oxygen atoms in total. The zero-order valence-corrected chi connectivity index (χ0v) is 16.6. The second kappa shape index (κ2) is 8.93. The van der Waals surface area contributed by atoms with Crippen LogP contribution in [0.5, 0.6) is 0 Å². The Hall–Kier alpha value is -1.80. The molecule has 144 valence electrons. The molecular weight excluding hydrogens is 328 g/mol. The number of rotatable bonds is 7. The van der Waals surface area contributed by atoms with E-state index in [1.54, 1.807) is 0 Å². The highest BCUT2D eigenvalue weighted by Gasteiger charge is 2.20. The molecule has 0 radical (unpaired) electrons. The van der Waals surface area contributed by atoms with Crippen LogP contribution in [0.3, 0.4) is 0 Å². The van der Waals surface area contributed by atoms with Crippen LogP contribution >= 0.6 is 0 Å². The molecule has 0 amide bonds. The summed E-state index contributed by atoms with van der Waals surface area (Å²) in [6.45, 7) is 6.70. The third kappa shape index (κ3) is 4.93. The van der Waals surface area contributed by atoms with Crippen LogP contribution in [-0.4, -0.2) is 19.1 Å². The number of hydrogen-bond donors (Lipinski definition) is 2. The van der Waals surface area contributed by atoms with E-state index in [4.69, 9.17) is 0 Å². The van der Waals surface area contributed by atoms with Gasteiger partial charge >= 0.3 is 0 Å². The minimum absolute atomic E-state index is 0.528. The molecule has 1 aliphatic heterocycles. The summed E-state index contributed by atoms with van der Waals surface area (Å²) in [6.07, 6.45) is 16.8. The Morgan fingerprint density at radius 2 is 1.85 bits per heavy atom. The van der Waals surface area contributed by atoms with Crippen LogP contribution in [0.4, 0.5) is 0 Å². The Labute approximate surface area is 164 Å². The van der Waals surface area contributed by atoms with E-state index >= 15 is 0 Å². The lowest BCUT2D eigenvalue weighted by atomic mass is 9.84. The molecule has 2 N–H and O–H groups in total. The van der Waals surface area contributed by atoms with E-state index in [0.29, 0.717) is 12.0 Å². The first-order valence-electron chi connectivity index (χ1n) is 10.9. The molecule has 1 heterocycles. The van der Waals surface area contributed by atoms with Crippen LogP contribution in [0.15, 0.2) is 54.8 Å². The molecule has 0 aromatic heterocycles. The van der Waals surface area contributed by atoms with Gasteiger partial charge in [-0.15, -0.1) is 0 Å². The molecule has 0 bridgehead atoms. The third-order valence-electron chi connectivity index (χ3n) is 6.66. The van der Waals surface area contributed by atoms with Crippen molar-refractivity contribution in [1.82, 2.24) is 10.6 Å². The van der Waals surface area contributed by atoms with Crippen molar-refractivity contribution in [1.29, 1.82) is 0 Å². The first-order valence-corrected chi connectivity index (χ1v) is 10.9. The summed E-state index contributed by atoms with van der Waals surface area (Å²) in [6, 6.07) is 9.92. The maximum absolute atomic E-state index is 4.29. The molecule has 2 heteroatoms. The largest absolute Gasteiger partial charge is 0.382 e. The Bertz CT molecular complexity index is 692. The van der Waals surface area contributed by atoms with Crippen LogP contribution in [-0.2, 0) is 6.42 Å². The zero-order chi connectivity index (χ0) is 18.5. The van der Waals surface area contributed by atoms with Crippen LogP contribution in [0.2, 0.25) is 0 Å². The molecule has 4 rings (SSSR count). The van der Waals surface area contributed by atoms with Gasteiger partial charge in [0.05, 0.1) is 0 Å². The summed E-state index contributed by atoms with van der Waals surface area (Å²) in [4.78, 5) is 0. The van der Waals surface area contributed by atoms with Gasteiger partial charge in [-0.3, -0.25) is 0 Å². The Morgan fingerprint density at radius 1 is 1.07 bits per heavy atom. The molecule has 2 aliphatic carbocycles. The first-order chi connectivity index (χ1) is 13.3. The van der Waals surface area contributed by atoms with Crippen LogP contribution < -0.4 is 10.6 Å². The lowest BCUT2D eigenvalue weighted by Gasteiger charge is -2.29. The fraction of sp³-hybridized carbons (Fsp3) is 0.520. The van der Waals surface area contributed by atoms with Gasteiger partial charge in [-0.1, -0.05) is 49.1 Å². The van der Waals surface area contributed by atoms with Crippen molar-refractivity contribution >= 4 is 5.57 Å². The lowest BCUT2D eigenvalue weighted by Crippen LogP contribution is -2.32. The van der Waals surface area contributed by atoms with Crippen LogP contribution in [0, 0.1) is 11.8 Å². The van der Waals surface area contributed by atoms with Gasteiger partial charge in [-0.2, -0.15) is 0 Å². The second-order valence-electron chi connectivity index (χ2n) is 8.57. The first kappa shape index (κ1) is 18.6. The van der Waals surface area contributed by atoms with Gasteiger partial charge in [0.25, 0.3) is 0 Å². The standard InChI is InChI=1S/C25H34N2/c1-19(27-25-3-2-4-25)22-11-13-24(14-12-22)23-9-7-20(8-10-23)5-6-21-15-17-26-18-16-21/h2-3,7-10,13,21-22,25-27H,1,4-6,11-12,14-18H2. The van der Waals surface area contributed by atoms with E-state index in [0.717, 1.165) is 18.8 Å². The van der Waals surface area contributed by atoms with E-state index in [1.165, 1.54) is 74.0 Å². The predicted octanol–water partition coefficient (Wildman–Crippen LogP) is 5.23. The minimum Gasteiger partial charge on any atom is -0.382 e. The topological polar surface area (TPSA) is 24.1 Å². The van der Waals surface area contributed by atoms with Crippen molar-refractivity contribution in [3.8, 4) is 0 Å². The molecule has 1 aromatic carbocycles. The van der Waals surface area contributed by atoms with Gasteiger partial charge in [-0.05, 0) is 87.1 Å². The van der Waals surface area contributed by atoms with Gasteiger partial charge in [0.2, 0.25) is 0 Å². The fourth-order valence-corrected chi connectivity index (χ4v) is 4.57. The second-order valence-corrected chi connectivity index (χ2v) is 8.57. The molecule has 0 spiro atoms. The van der Waals surface area contributed by atoms with Crippen molar-refractivity contribution < 1.29 is 0 Å². The minimum atomic E-state index is 0.528. The molecule has 1 aromatic rings. The molecular formula is C25H34N2. The number of benzene rings is 1. The van der Waals surface area contributed by atoms with Crippen molar-refractivity contribution in [3.05, 3.63) is 65.9 Å². The molecule has 1 saturated heterocycles. The molecule has 0 saturated carbocycles. The van der Waals surface area contributed by atoms with Gasteiger partial charge in [0.1, 0.15) is 0 Å². The van der Waals surface area contributed by atoms with Crippen molar-refractivity contribution in [3.63, 3.8) is 0 Å². The van der Waals surface area contributed by atoms with Gasteiger partial charge < -0.3 is 10.6 Å². The summed E-state index contributed by atoms with van der Waals surface area (Å²) < 4.78 is 0. The number of nitrogens with one attached hydrogen (secondary N) is 2. The van der Waals surface area contributed by atoms with Crippen molar-refractivity contribution in [2.24, 2.45) is 11.8 Å². The third-order valence-corrected chi connectivity index (χ3v) is 6.66. The predicted molar refractivity (Wildman–Crippen MR) is 115 cm³/mol. The van der Waals surface area contributed by atoms with E-state index in [1.807, 2.05) is 0 Å². The quantitative estimate of drug-likeness (QED) is 0.649. The Morgan fingerprint density at radius 3 is 2.48 bits per heavy atom. The van der Waals surface area contributed by atoms with Gasteiger partial charge in [-0.25, -0.2) is 0 Å². The van der Waals surface area contributed by atoms with Crippen LogP contribution in [0.1, 0.15) is 56.1 Å². The fourth-order valence-electron chi connectivity index (χ4n) is 4.57. The van der Waals surface area contributed by atoms with E-state index < -0.39 is 0 Å². The summed E-state index contributed by atoms with van der Waals surface area (Å²) >= 11 is 0. The van der Waals surface area contributed by atoms with Crippen molar-refractivity contribution in [2.75, 3.05) is 13.1 Å². The highest BCUT2D eigenvalue weighted by molar-refractivity contribution is 5.66. The highest BCUT2D eigenvalue weighted by Crippen LogP contribution is 2.33. The normalized spacial score (nSPS) is 25.6. The maximum atomic E-state index is 4.29. The Balaban J connectivity index is 1.27. The van der Waals surface area contributed by atoms with E-state index in [9.17, 15) is 0 Å². The summed E-state index contributed by atoms with van der Waals surface area (Å²) in [5.41, 5.74) is 5.66. The highest BCUT2D eigenvalue weighted by atomic mass is 14.9. The monoisotopic (exact) mass is 362 g/mol. The summed E-state index contributed by atoms with van der Waals surface area (Å²) in [7, 11) is 0. The maximum Gasteiger partial charge on any atom is 0.0475 e.